The van der Waals surface area contributed by atoms with Crippen LogP contribution in [0.15, 0.2) is 48.5 Å². The van der Waals surface area contributed by atoms with Gasteiger partial charge in [0.15, 0.2) is 0 Å². The molecule has 2 heteroatoms. The van der Waals surface area contributed by atoms with E-state index in [2.05, 4.69) is 13.8 Å². The molecule has 0 fully saturated rings. The van der Waals surface area contributed by atoms with Gasteiger partial charge in [-0.25, -0.2) is 0 Å². The SMILES string of the molecule is CCCCC(CC)COc1c2ccccc2c(O)c2ccccc12. The fourth-order valence-corrected chi connectivity index (χ4v) is 3.32. The van der Waals surface area contributed by atoms with Crippen LogP contribution in [0.5, 0.6) is 11.5 Å². The largest absolute Gasteiger partial charge is 0.507 e. The molecule has 0 heterocycles. The fraction of sp³-hybridized carbons (Fsp3) is 0.364. The van der Waals surface area contributed by atoms with Crippen molar-refractivity contribution in [2.45, 2.75) is 39.5 Å². The third kappa shape index (κ3) is 3.19. The molecule has 0 aromatic heterocycles. The standard InChI is InChI=1S/C22H26O2/c1-3-5-10-16(4-2)15-24-22-19-13-8-6-11-17(19)21(23)18-12-7-9-14-20(18)22/h6-9,11-14,16,23H,3-5,10,15H2,1-2H3. The molecule has 0 radical (unpaired) electrons. The Morgan fingerprint density at radius 3 is 1.92 bits per heavy atom. The summed E-state index contributed by atoms with van der Waals surface area (Å²) in [5.74, 6) is 1.82. The van der Waals surface area contributed by atoms with Gasteiger partial charge in [0.1, 0.15) is 11.5 Å². The lowest BCUT2D eigenvalue weighted by atomic mass is 9.99. The second kappa shape index (κ2) is 7.57. The van der Waals surface area contributed by atoms with Crippen molar-refractivity contribution in [2.24, 2.45) is 5.92 Å². The first kappa shape index (κ1) is 16.6. The quantitative estimate of drug-likeness (QED) is 0.518. The number of phenols is 1. The maximum absolute atomic E-state index is 10.6. The number of phenolic OH excluding ortho intramolecular Hbond substituents is 1. The maximum atomic E-state index is 10.6. The van der Waals surface area contributed by atoms with E-state index in [0.717, 1.165) is 40.3 Å². The van der Waals surface area contributed by atoms with Crippen LogP contribution in [0.3, 0.4) is 0 Å². The van der Waals surface area contributed by atoms with E-state index in [1.807, 2.05) is 48.5 Å². The van der Waals surface area contributed by atoms with E-state index >= 15 is 0 Å². The average molecular weight is 322 g/mol. The first-order valence-electron chi connectivity index (χ1n) is 9.01. The van der Waals surface area contributed by atoms with Gasteiger partial charge in [0.2, 0.25) is 0 Å². The molecular formula is C22H26O2. The van der Waals surface area contributed by atoms with Crippen molar-refractivity contribution in [2.75, 3.05) is 6.61 Å². The van der Waals surface area contributed by atoms with Crippen LogP contribution in [-0.4, -0.2) is 11.7 Å². The van der Waals surface area contributed by atoms with Gasteiger partial charge in [0, 0.05) is 21.5 Å². The molecule has 0 amide bonds. The number of hydrogen-bond acceptors (Lipinski definition) is 2. The number of aromatic hydroxyl groups is 1. The summed E-state index contributed by atoms with van der Waals surface area (Å²) in [6.07, 6.45) is 4.81. The van der Waals surface area contributed by atoms with Gasteiger partial charge in [-0.15, -0.1) is 0 Å². The zero-order valence-electron chi connectivity index (χ0n) is 14.6. The summed E-state index contributed by atoms with van der Waals surface area (Å²) in [4.78, 5) is 0. The molecule has 0 aliphatic carbocycles. The Hall–Kier alpha value is -2.22. The van der Waals surface area contributed by atoms with E-state index in [9.17, 15) is 5.11 Å². The summed E-state index contributed by atoms with van der Waals surface area (Å²) < 4.78 is 6.33. The minimum atomic E-state index is 0.339. The Kier molecular flexibility index (Phi) is 5.24. The van der Waals surface area contributed by atoms with Crippen molar-refractivity contribution in [3.8, 4) is 11.5 Å². The summed E-state index contributed by atoms with van der Waals surface area (Å²) in [6, 6.07) is 15.9. The number of unbranched alkanes of at least 4 members (excludes halogenated alkanes) is 1. The van der Waals surface area contributed by atoms with Crippen LogP contribution in [0.25, 0.3) is 21.5 Å². The molecule has 0 bridgehead atoms. The molecule has 126 valence electrons. The molecule has 3 rings (SSSR count). The normalized spacial score (nSPS) is 12.6. The highest BCUT2D eigenvalue weighted by molar-refractivity contribution is 6.10. The first-order valence-corrected chi connectivity index (χ1v) is 9.01. The van der Waals surface area contributed by atoms with E-state index in [-0.39, 0.29) is 0 Å². The molecule has 3 aromatic carbocycles. The predicted octanol–water partition coefficient (Wildman–Crippen LogP) is 6.29. The van der Waals surface area contributed by atoms with Crippen LogP contribution in [0.4, 0.5) is 0 Å². The third-order valence-electron chi connectivity index (χ3n) is 4.86. The van der Waals surface area contributed by atoms with Gasteiger partial charge in [-0.1, -0.05) is 81.6 Å². The van der Waals surface area contributed by atoms with Gasteiger partial charge in [0.05, 0.1) is 6.61 Å². The second-order valence-corrected chi connectivity index (χ2v) is 6.50. The minimum Gasteiger partial charge on any atom is -0.507 e. The van der Waals surface area contributed by atoms with Crippen LogP contribution < -0.4 is 4.74 Å². The summed E-state index contributed by atoms with van der Waals surface area (Å²) in [7, 11) is 0. The zero-order valence-corrected chi connectivity index (χ0v) is 14.6. The highest BCUT2D eigenvalue weighted by Crippen LogP contribution is 2.42. The highest BCUT2D eigenvalue weighted by Gasteiger charge is 2.15. The molecule has 0 aliphatic heterocycles. The smallest absolute Gasteiger partial charge is 0.135 e. The lowest BCUT2D eigenvalue weighted by Crippen LogP contribution is -2.11. The molecular weight excluding hydrogens is 296 g/mol. The van der Waals surface area contributed by atoms with Gasteiger partial charge < -0.3 is 9.84 Å². The number of rotatable bonds is 7. The van der Waals surface area contributed by atoms with Crippen molar-refractivity contribution < 1.29 is 9.84 Å². The second-order valence-electron chi connectivity index (χ2n) is 6.50. The van der Waals surface area contributed by atoms with Gasteiger partial charge >= 0.3 is 0 Å². The van der Waals surface area contributed by atoms with Crippen LogP contribution in [0.2, 0.25) is 0 Å². The van der Waals surface area contributed by atoms with Gasteiger partial charge in [0.25, 0.3) is 0 Å². The number of fused-ring (bicyclic) bond motifs is 2. The number of hydrogen-bond donors (Lipinski definition) is 1. The summed E-state index contributed by atoms with van der Waals surface area (Å²) in [5, 5.41) is 14.3. The van der Waals surface area contributed by atoms with E-state index in [0.29, 0.717) is 11.7 Å². The molecule has 2 nitrogen and oxygen atoms in total. The molecule has 3 aromatic rings. The average Bonchev–Trinajstić information content (AvgIpc) is 2.64. The van der Waals surface area contributed by atoms with E-state index in [1.165, 1.54) is 19.3 Å². The molecule has 1 N–H and O–H groups in total. The topological polar surface area (TPSA) is 29.5 Å². The van der Waals surface area contributed by atoms with Crippen LogP contribution in [0.1, 0.15) is 39.5 Å². The molecule has 1 atom stereocenters. The van der Waals surface area contributed by atoms with Gasteiger partial charge in [-0.05, 0) is 12.3 Å². The van der Waals surface area contributed by atoms with Crippen molar-refractivity contribution >= 4 is 21.5 Å². The molecule has 24 heavy (non-hydrogen) atoms. The lowest BCUT2D eigenvalue weighted by molar-refractivity contribution is 0.238. The van der Waals surface area contributed by atoms with Crippen molar-refractivity contribution in [3.63, 3.8) is 0 Å². The Labute approximate surface area is 144 Å². The van der Waals surface area contributed by atoms with Crippen molar-refractivity contribution in [1.82, 2.24) is 0 Å². The van der Waals surface area contributed by atoms with Gasteiger partial charge in [-0.3, -0.25) is 0 Å². The minimum absolute atomic E-state index is 0.339. The Morgan fingerprint density at radius 1 is 0.875 bits per heavy atom. The van der Waals surface area contributed by atoms with Crippen LogP contribution in [0, 0.1) is 5.92 Å². The van der Waals surface area contributed by atoms with E-state index < -0.39 is 0 Å². The van der Waals surface area contributed by atoms with E-state index in [4.69, 9.17) is 4.74 Å². The third-order valence-corrected chi connectivity index (χ3v) is 4.86. The zero-order chi connectivity index (χ0) is 16.9. The first-order chi connectivity index (χ1) is 11.8. The van der Waals surface area contributed by atoms with Gasteiger partial charge in [-0.2, -0.15) is 0 Å². The van der Waals surface area contributed by atoms with Crippen molar-refractivity contribution in [1.29, 1.82) is 0 Å². The molecule has 1 unspecified atom stereocenters. The number of benzene rings is 3. The Bertz CT molecular complexity index is 766. The number of ether oxygens (including phenoxy) is 1. The molecule has 0 spiro atoms. The Morgan fingerprint density at radius 2 is 1.42 bits per heavy atom. The molecule has 0 saturated heterocycles. The summed E-state index contributed by atoms with van der Waals surface area (Å²) in [6.45, 7) is 5.19. The summed E-state index contributed by atoms with van der Waals surface area (Å²) in [5.41, 5.74) is 0. The van der Waals surface area contributed by atoms with E-state index in [1.54, 1.807) is 0 Å². The molecule has 0 aliphatic rings. The van der Waals surface area contributed by atoms with Crippen LogP contribution in [-0.2, 0) is 0 Å². The molecule has 0 saturated carbocycles. The predicted molar refractivity (Wildman–Crippen MR) is 102 cm³/mol. The Balaban J connectivity index is 2.03. The lowest BCUT2D eigenvalue weighted by Gasteiger charge is -2.19. The monoisotopic (exact) mass is 322 g/mol. The summed E-state index contributed by atoms with van der Waals surface area (Å²) >= 11 is 0. The highest BCUT2D eigenvalue weighted by atomic mass is 16.5. The van der Waals surface area contributed by atoms with Crippen molar-refractivity contribution in [3.05, 3.63) is 48.5 Å². The maximum Gasteiger partial charge on any atom is 0.135 e. The van der Waals surface area contributed by atoms with Crippen LogP contribution >= 0.6 is 0 Å². The fourth-order valence-electron chi connectivity index (χ4n) is 3.32.